The molecule has 2 rings (SSSR count). The van der Waals surface area contributed by atoms with Gasteiger partial charge in [-0.2, -0.15) is 0 Å². The van der Waals surface area contributed by atoms with Crippen molar-refractivity contribution in [2.24, 2.45) is 0 Å². The van der Waals surface area contributed by atoms with E-state index in [2.05, 4.69) is 17.3 Å². The highest BCUT2D eigenvalue weighted by Gasteiger charge is 2.20. The van der Waals surface area contributed by atoms with Crippen molar-refractivity contribution in [3.8, 4) is 5.75 Å². The minimum atomic E-state index is -0.0639. The maximum absolute atomic E-state index is 12.0. The third-order valence-electron chi connectivity index (χ3n) is 3.43. The first-order valence-corrected chi connectivity index (χ1v) is 6.93. The molecular formula is C15H22N2O2. The Bertz CT molecular complexity index is 426. The molecule has 1 fully saturated rings. The number of rotatable bonds is 4. The summed E-state index contributed by atoms with van der Waals surface area (Å²) in [5.41, 5.74) is 0.628. The Hall–Kier alpha value is -1.55. The molecular weight excluding hydrogens is 240 g/mol. The monoisotopic (exact) mass is 262 g/mol. The first-order chi connectivity index (χ1) is 9.20. The Morgan fingerprint density at radius 1 is 1.37 bits per heavy atom. The predicted octanol–water partition coefficient (Wildman–Crippen LogP) is 1.91. The van der Waals surface area contributed by atoms with Gasteiger partial charge in [-0.1, -0.05) is 12.1 Å². The molecule has 4 nitrogen and oxygen atoms in total. The molecule has 1 amide bonds. The molecule has 1 aliphatic rings. The van der Waals surface area contributed by atoms with Crippen LogP contribution in [-0.4, -0.2) is 43.6 Å². The molecule has 0 radical (unpaired) electrons. The molecule has 0 unspecified atom stereocenters. The van der Waals surface area contributed by atoms with E-state index in [0.717, 1.165) is 25.9 Å². The summed E-state index contributed by atoms with van der Waals surface area (Å²) < 4.78 is 6.01. The molecule has 1 aromatic carbocycles. The van der Waals surface area contributed by atoms with E-state index in [9.17, 15) is 4.79 Å². The Morgan fingerprint density at radius 2 is 2.05 bits per heavy atom. The molecule has 19 heavy (non-hydrogen) atoms. The number of nitrogens with one attached hydrogen (secondary N) is 1. The Morgan fingerprint density at radius 3 is 2.74 bits per heavy atom. The van der Waals surface area contributed by atoms with Gasteiger partial charge in [0.05, 0.1) is 5.56 Å². The van der Waals surface area contributed by atoms with Crippen molar-refractivity contribution in [2.75, 3.05) is 26.7 Å². The number of likely N-dealkylation sites (tertiary alicyclic amines) is 1. The fourth-order valence-corrected chi connectivity index (χ4v) is 2.30. The number of benzene rings is 1. The lowest BCUT2D eigenvalue weighted by molar-refractivity contribution is 0.0929. The lowest BCUT2D eigenvalue weighted by Crippen LogP contribution is -2.36. The average Bonchev–Trinajstić information content (AvgIpc) is 2.42. The smallest absolute Gasteiger partial charge is 0.255 e. The summed E-state index contributed by atoms with van der Waals surface area (Å²) in [6.45, 7) is 4.64. The van der Waals surface area contributed by atoms with Crippen LogP contribution in [0.25, 0.3) is 0 Å². The van der Waals surface area contributed by atoms with Crippen molar-refractivity contribution < 1.29 is 9.53 Å². The van der Waals surface area contributed by atoms with Crippen LogP contribution in [-0.2, 0) is 0 Å². The number of hydrogen-bond donors (Lipinski definition) is 1. The number of ether oxygens (including phenoxy) is 1. The summed E-state index contributed by atoms with van der Waals surface area (Å²) >= 11 is 0. The third kappa shape index (κ3) is 3.70. The SMILES string of the molecule is CCNC(=O)c1ccccc1OC1CCN(C)CC1. The number of carbonyl (C=O) groups excluding carboxylic acids is 1. The zero-order valence-electron chi connectivity index (χ0n) is 11.7. The molecule has 1 aliphatic heterocycles. The van der Waals surface area contributed by atoms with Gasteiger partial charge in [0.25, 0.3) is 5.91 Å². The van der Waals surface area contributed by atoms with E-state index in [1.807, 2.05) is 31.2 Å². The molecule has 0 spiro atoms. The van der Waals surface area contributed by atoms with Crippen molar-refractivity contribution in [3.05, 3.63) is 29.8 Å². The Labute approximate surface area is 114 Å². The second kappa shape index (κ2) is 6.57. The van der Waals surface area contributed by atoms with E-state index in [-0.39, 0.29) is 12.0 Å². The van der Waals surface area contributed by atoms with Crippen molar-refractivity contribution in [1.82, 2.24) is 10.2 Å². The standard InChI is InChI=1S/C15H22N2O2/c1-3-16-15(18)13-6-4-5-7-14(13)19-12-8-10-17(2)11-9-12/h4-7,12H,3,8-11H2,1-2H3,(H,16,18). The normalized spacial score (nSPS) is 17.2. The van der Waals surface area contributed by atoms with E-state index in [1.54, 1.807) is 0 Å². The lowest BCUT2D eigenvalue weighted by Gasteiger charge is -2.29. The maximum Gasteiger partial charge on any atom is 0.255 e. The highest BCUT2D eigenvalue weighted by molar-refractivity contribution is 5.96. The summed E-state index contributed by atoms with van der Waals surface area (Å²) in [7, 11) is 2.12. The minimum absolute atomic E-state index is 0.0639. The van der Waals surface area contributed by atoms with Crippen molar-refractivity contribution in [2.45, 2.75) is 25.9 Å². The molecule has 4 heteroatoms. The summed E-state index contributed by atoms with van der Waals surface area (Å²) in [6.07, 6.45) is 2.24. The molecule has 1 aromatic rings. The molecule has 1 N–H and O–H groups in total. The van der Waals surface area contributed by atoms with Gasteiger partial charge in [0, 0.05) is 19.6 Å². The van der Waals surface area contributed by atoms with Crippen LogP contribution in [0, 0.1) is 0 Å². The fraction of sp³-hybridized carbons (Fsp3) is 0.533. The number of piperidine rings is 1. The van der Waals surface area contributed by atoms with Crippen LogP contribution in [0.5, 0.6) is 5.75 Å². The van der Waals surface area contributed by atoms with Gasteiger partial charge in [-0.25, -0.2) is 0 Å². The maximum atomic E-state index is 12.0. The van der Waals surface area contributed by atoms with Crippen LogP contribution in [0.2, 0.25) is 0 Å². The van der Waals surface area contributed by atoms with Gasteiger partial charge in [-0.05, 0) is 38.9 Å². The average molecular weight is 262 g/mol. The van der Waals surface area contributed by atoms with Crippen LogP contribution in [0.3, 0.4) is 0 Å². The summed E-state index contributed by atoms with van der Waals surface area (Å²) in [6, 6.07) is 7.47. The summed E-state index contributed by atoms with van der Waals surface area (Å²) in [5.74, 6) is 0.633. The van der Waals surface area contributed by atoms with E-state index < -0.39 is 0 Å². The third-order valence-corrected chi connectivity index (χ3v) is 3.43. The number of para-hydroxylation sites is 1. The Kier molecular flexibility index (Phi) is 4.80. The quantitative estimate of drug-likeness (QED) is 0.901. The number of carbonyl (C=O) groups is 1. The van der Waals surface area contributed by atoms with Crippen LogP contribution in [0.1, 0.15) is 30.1 Å². The van der Waals surface area contributed by atoms with Gasteiger partial charge >= 0.3 is 0 Å². The molecule has 104 valence electrons. The van der Waals surface area contributed by atoms with Crippen molar-refractivity contribution in [3.63, 3.8) is 0 Å². The fourth-order valence-electron chi connectivity index (χ4n) is 2.30. The molecule has 0 bridgehead atoms. The van der Waals surface area contributed by atoms with Crippen LogP contribution < -0.4 is 10.1 Å². The second-order valence-electron chi connectivity index (χ2n) is 4.98. The van der Waals surface area contributed by atoms with Gasteiger partial charge in [0.1, 0.15) is 11.9 Å². The number of hydrogen-bond acceptors (Lipinski definition) is 3. The van der Waals surface area contributed by atoms with E-state index in [4.69, 9.17) is 4.74 Å². The van der Waals surface area contributed by atoms with Gasteiger partial charge in [-0.3, -0.25) is 4.79 Å². The summed E-state index contributed by atoms with van der Waals surface area (Å²) in [5, 5.41) is 2.82. The molecule has 1 heterocycles. The molecule has 1 saturated heterocycles. The molecule has 0 saturated carbocycles. The van der Waals surface area contributed by atoms with Gasteiger partial charge < -0.3 is 15.0 Å². The van der Waals surface area contributed by atoms with Gasteiger partial charge in [-0.15, -0.1) is 0 Å². The first-order valence-electron chi connectivity index (χ1n) is 6.93. The van der Waals surface area contributed by atoms with Crippen LogP contribution in [0.15, 0.2) is 24.3 Å². The zero-order valence-corrected chi connectivity index (χ0v) is 11.7. The predicted molar refractivity (Wildman–Crippen MR) is 75.6 cm³/mol. The lowest BCUT2D eigenvalue weighted by atomic mass is 10.1. The first kappa shape index (κ1) is 13.9. The number of nitrogens with zero attached hydrogens (tertiary/aromatic N) is 1. The molecule has 0 atom stereocenters. The number of amides is 1. The Balaban J connectivity index is 2.05. The van der Waals surface area contributed by atoms with E-state index >= 15 is 0 Å². The molecule has 0 aromatic heterocycles. The summed E-state index contributed by atoms with van der Waals surface area (Å²) in [4.78, 5) is 14.3. The van der Waals surface area contributed by atoms with Gasteiger partial charge in [0.2, 0.25) is 0 Å². The molecule has 0 aliphatic carbocycles. The highest BCUT2D eigenvalue weighted by Crippen LogP contribution is 2.22. The largest absolute Gasteiger partial charge is 0.489 e. The zero-order chi connectivity index (χ0) is 13.7. The topological polar surface area (TPSA) is 41.6 Å². The minimum Gasteiger partial charge on any atom is -0.489 e. The van der Waals surface area contributed by atoms with E-state index in [0.29, 0.717) is 17.9 Å². The van der Waals surface area contributed by atoms with E-state index in [1.165, 1.54) is 0 Å². The van der Waals surface area contributed by atoms with Crippen molar-refractivity contribution >= 4 is 5.91 Å². The van der Waals surface area contributed by atoms with Gasteiger partial charge in [0.15, 0.2) is 0 Å². The van der Waals surface area contributed by atoms with Crippen molar-refractivity contribution in [1.29, 1.82) is 0 Å². The van der Waals surface area contributed by atoms with Crippen LogP contribution >= 0.6 is 0 Å². The second-order valence-corrected chi connectivity index (χ2v) is 4.98. The highest BCUT2D eigenvalue weighted by atomic mass is 16.5. The van der Waals surface area contributed by atoms with Crippen LogP contribution in [0.4, 0.5) is 0 Å².